The zero-order valence-electron chi connectivity index (χ0n) is 12.7. The first-order valence-electron chi connectivity index (χ1n) is 7.47. The monoisotopic (exact) mass is 332 g/mol. The van der Waals surface area contributed by atoms with Crippen molar-refractivity contribution in [2.24, 2.45) is 11.8 Å². The fourth-order valence-electron chi connectivity index (χ4n) is 2.77. The first-order valence-corrected chi connectivity index (χ1v) is 7.47. The minimum Gasteiger partial charge on any atom is -0.352 e. The second-order valence-corrected chi connectivity index (χ2v) is 5.80. The van der Waals surface area contributed by atoms with Crippen molar-refractivity contribution < 1.29 is 13.6 Å². The molecule has 1 heterocycles. The van der Waals surface area contributed by atoms with E-state index in [9.17, 15) is 13.6 Å². The Labute approximate surface area is 136 Å². The van der Waals surface area contributed by atoms with Gasteiger partial charge < -0.3 is 10.6 Å². The number of carbonyl (C=O) groups excluding carboxylic acids is 1. The van der Waals surface area contributed by atoms with Crippen LogP contribution in [0.5, 0.6) is 0 Å². The molecule has 0 bridgehead atoms. The van der Waals surface area contributed by atoms with E-state index in [0.29, 0.717) is 12.3 Å². The third kappa shape index (κ3) is 5.54. The topological polar surface area (TPSA) is 41.1 Å². The highest BCUT2D eigenvalue weighted by molar-refractivity contribution is 5.85. The number of hydrogen-bond donors (Lipinski definition) is 2. The molecule has 2 rings (SSSR count). The van der Waals surface area contributed by atoms with Crippen LogP contribution in [0.1, 0.15) is 31.7 Å². The average Bonchev–Trinajstić information content (AvgIpc) is 2.49. The average molecular weight is 333 g/mol. The molecule has 0 saturated carbocycles. The normalized spacial score (nSPS) is 19.1. The summed E-state index contributed by atoms with van der Waals surface area (Å²) in [7, 11) is 0. The predicted molar refractivity (Wildman–Crippen MR) is 84.8 cm³/mol. The molecule has 0 spiro atoms. The van der Waals surface area contributed by atoms with Gasteiger partial charge >= 0.3 is 0 Å². The van der Waals surface area contributed by atoms with E-state index < -0.39 is 11.6 Å². The molecule has 2 unspecified atom stereocenters. The number of amides is 1. The van der Waals surface area contributed by atoms with Gasteiger partial charge in [-0.1, -0.05) is 6.92 Å². The van der Waals surface area contributed by atoms with Gasteiger partial charge in [-0.05, 0) is 56.0 Å². The smallest absolute Gasteiger partial charge is 0.220 e. The summed E-state index contributed by atoms with van der Waals surface area (Å²) >= 11 is 0. The number of carbonyl (C=O) groups is 1. The molecule has 1 saturated heterocycles. The standard InChI is InChI=1S/C16H22F2N2O.ClH/c1-11(12-3-2-6-19-9-12)7-16(21)20-10-13-8-14(17)4-5-15(13)18;/h4-5,8,11-12,19H,2-3,6-7,9-10H2,1H3,(H,20,21);1H. The lowest BCUT2D eigenvalue weighted by Crippen LogP contribution is -2.35. The molecule has 3 nitrogen and oxygen atoms in total. The fourth-order valence-corrected chi connectivity index (χ4v) is 2.77. The SMILES string of the molecule is CC(CC(=O)NCc1cc(F)ccc1F)C1CCCNC1.Cl. The van der Waals surface area contributed by atoms with Crippen LogP contribution in [0.2, 0.25) is 0 Å². The zero-order valence-corrected chi connectivity index (χ0v) is 13.5. The largest absolute Gasteiger partial charge is 0.352 e. The van der Waals surface area contributed by atoms with E-state index in [1.807, 2.05) is 0 Å². The second kappa shape index (κ2) is 9.06. The van der Waals surface area contributed by atoms with Crippen LogP contribution >= 0.6 is 12.4 Å². The first-order chi connectivity index (χ1) is 10.1. The van der Waals surface area contributed by atoms with Crippen LogP contribution in [-0.4, -0.2) is 19.0 Å². The van der Waals surface area contributed by atoms with Crippen LogP contribution in [0.4, 0.5) is 8.78 Å². The minimum absolute atomic E-state index is 0. The molecule has 0 radical (unpaired) electrons. The van der Waals surface area contributed by atoms with Crippen LogP contribution in [0.15, 0.2) is 18.2 Å². The van der Waals surface area contributed by atoms with E-state index in [4.69, 9.17) is 0 Å². The fraction of sp³-hybridized carbons (Fsp3) is 0.562. The van der Waals surface area contributed by atoms with Gasteiger partial charge in [0.1, 0.15) is 11.6 Å². The summed E-state index contributed by atoms with van der Waals surface area (Å²) in [4.78, 5) is 11.9. The maximum atomic E-state index is 13.4. The van der Waals surface area contributed by atoms with Gasteiger partial charge in [0.15, 0.2) is 0 Å². The summed E-state index contributed by atoms with van der Waals surface area (Å²) in [6, 6.07) is 3.26. The number of benzene rings is 1. The minimum atomic E-state index is -0.499. The second-order valence-electron chi connectivity index (χ2n) is 5.80. The zero-order chi connectivity index (χ0) is 15.2. The van der Waals surface area contributed by atoms with Gasteiger partial charge in [-0.3, -0.25) is 4.79 Å². The van der Waals surface area contributed by atoms with Crippen molar-refractivity contribution in [1.82, 2.24) is 10.6 Å². The van der Waals surface area contributed by atoms with E-state index in [0.717, 1.165) is 44.1 Å². The summed E-state index contributed by atoms with van der Waals surface area (Å²) in [5.74, 6) is -0.314. The quantitative estimate of drug-likeness (QED) is 0.870. The Bertz CT molecular complexity index is 493. The third-order valence-electron chi connectivity index (χ3n) is 4.13. The predicted octanol–water partition coefficient (Wildman–Crippen LogP) is 3.03. The molecule has 2 N–H and O–H groups in total. The molecular weight excluding hydrogens is 310 g/mol. The van der Waals surface area contributed by atoms with Gasteiger partial charge in [0.05, 0.1) is 0 Å². The van der Waals surface area contributed by atoms with Crippen molar-refractivity contribution >= 4 is 18.3 Å². The van der Waals surface area contributed by atoms with E-state index >= 15 is 0 Å². The van der Waals surface area contributed by atoms with Gasteiger partial charge in [-0.15, -0.1) is 12.4 Å². The van der Waals surface area contributed by atoms with Crippen molar-refractivity contribution in [2.75, 3.05) is 13.1 Å². The Kier molecular flexibility index (Phi) is 7.76. The Morgan fingerprint density at radius 3 is 2.91 bits per heavy atom. The molecule has 1 fully saturated rings. The molecule has 1 aromatic carbocycles. The van der Waals surface area contributed by atoms with E-state index in [1.165, 1.54) is 0 Å². The lowest BCUT2D eigenvalue weighted by atomic mass is 9.85. The highest BCUT2D eigenvalue weighted by Crippen LogP contribution is 2.22. The number of hydrogen-bond acceptors (Lipinski definition) is 2. The van der Waals surface area contributed by atoms with Crippen LogP contribution in [0, 0.1) is 23.5 Å². The van der Waals surface area contributed by atoms with E-state index in [1.54, 1.807) is 0 Å². The van der Waals surface area contributed by atoms with Crippen molar-refractivity contribution in [2.45, 2.75) is 32.7 Å². The van der Waals surface area contributed by atoms with Gasteiger partial charge in [0.25, 0.3) is 0 Å². The molecule has 1 amide bonds. The summed E-state index contributed by atoms with van der Waals surface area (Å²) in [6.45, 7) is 4.10. The van der Waals surface area contributed by atoms with Crippen molar-refractivity contribution in [1.29, 1.82) is 0 Å². The number of halogens is 3. The third-order valence-corrected chi connectivity index (χ3v) is 4.13. The summed E-state index contributed by atoms with van der Waals surface area (Å²) in [6.07, 6.45) is 2.70. The van der Waals surface area contributed by atoms with Gasteiger partial charge in [-0.25, -0.2) is 8.78 Å². The molecule has 124 valence electrons. The van der Waals surface area contributed by atoms with Gasteiger partial charge in [-0.2, -0.15) is 0 Å². The Morgan fingerprint density at radius 1 is 1.45 bits per heavy atom. The lowest BCUT2D eigenvalue weighted by Gasteiger charge is -2.28. The molecule has 0 aromatic heterocycles. The molecule has 6 heteroatoms. The Morgan fingerprint density at radius 2 is 2.23 bits per heavy atom. The molecule has 1 aliphatic heterocycles. The van der Waals surface area contributed by atoms with Crippen LogP contribution in [0.25, 0.3) is 0 Å². The molecule has 2 atom stereocenters. The Balaban J connectivity index is 0.00000242. The molecular formula is C16H23ClF2N2O. The van der Waals surface area contributed by atoms with Crippen molar-refractivity contribution in [3.8, 4) is 0 Å². The maximum Gasteiger partial charge on any atom is 0.220 e. The lowest BCUT2D eigenvalue weighted by molar-refractivity contribution is -0.122. The number of nitrogens with one attached hydrogen (secondary N) is 2. The highest BCUT2D eigenvalue weighted by atomic mass is 35.5. The van der Waals surface area contributed by atoms with Crippen molar-refractivity contribution in [3.05, 3.63) is 35.4 Å². The molecule has 1 aromatic rings. The van der Waals surface area contributed by atoms with Crippen LogP contribution in [-0.2, 0) is 11.3 Å². The van der Waals surface area contributed by atoms with Gasteiger partial charge in [0, 0.05) is 18.5 Å². The summed E-state index contributed by atoms with van der Waals surface area (Å²) < 4.78 is 26.5. The molecule has 22 heavy (non-hydrogen) atoms. The van der Waals surface area contributed by atoms with Crippen LogP contribution < -0.4 is 10.6 Å². The van der Waals surface area contributed by atoms with Gasteiger partial charge in [0.2, 0.25) is 5.91 Å². The van der Waals surface area contributed by atoms with E-state index in [2.05, 4.69) is 17.6 Å². The highest BCUT2D eigenvalue weighted by Gasteiger charge is 2.21. The first kappa shape index (κ1) is 18.8. The molecule has 0 aliphatic carbocycles. The van der Waals surface area contributed by atoms with Crippen molar-refractivity contribution in [3.63, 3.8) is 0 Å². The van der Waals surface area contributed by atoms with E-state index in [-0.39, 0.29) is 36.3 Å². The molecule has 1 aliphatic rings. The number of piperidine rings is 1. The summed E-state index contributed by atoms with van der Waals surface area (Å²) in [5.41, 5.74) is 0.176. The number of rotatable bonds is 5. The Hall–Kier alpha value is -1.20. The maximum absolute atomic E-state index is 13.4. The summed E-state index contributed by atoms with van der Waals surface area (Å²) in [5, 5.41) is 6.01. The van der Waals surface area contributed by atoms with Crippen LogP contribution in [0.3, 0.4) is 0 Å².